The van der Waals surface area contributed by atoms with E-state index in [1.807, 2.05) is 48.5 Å². The van der Waals surface area contributed by atoms with Crippen LogP contribution in [0.2, 0.25) is 0 Å². The van der Waals surface area contributed by atoms with Crippen LogP contribution in [0.15, 0.2) is 71.8 Å². The number of hydrogen-bond donors (Lipinski definition) is 1. The fraction of sp³-hybridized carbons (Fsp3) is 0.0526. The quantitative estimate of drug-likeness (QED) is 0.382. The Hall–Kier alpha value is -3.52. The maximum atomic E-state index is 11.9. The van der Waals surface area contributed by atoms with Crippen LogP contribution in [0.3, 0.4) is 0 Å². The van der Waals surface area contributed by atoms with E-state index in [4.69, 9.17) is 4.74 Å². The highest BCUT2D eigenvalue weighted by Gasteiger charge is 2.09. The predicted octanol–water partition coefficient (Wildman–Crippen LogP) is 3.85. The Balaban J connectivity index is 1.57. The van der Waals surface area contributed by atoms with Gasteiger partial charge in [0.15, 0.2) is 6.61 Å². The SMILES string of the molecule is O=C(COc1ccccc1-c1ccccc1)N/N=C/c1ccc([N+](=O)[O-])s1. The zero-order valence-electron chi connectivity index (χ0n) is 14.1. The summed E-state index contributed by atoms with van der Waals surface area (Å²) in [6.45, 7) is -0.203. The van der Waals surface area contributed by atoms with Crippen molar-refractivity contribution in [2.24, 2.45) is 5.10 Å². The van der Waals surface area contributed by atoms with Crippen LogP contribution in [-0.4, -0.2) is 23.7 Å². The summed E-state index contributed by atoms with van der Waals surface area (Å²) in [5, 5.41) is 14.4. The summed E-state index contributed by atoms with van der Waals surface area (Å²) < 4.78 is 5.62. The number of carbonyl (C=O) groups is 1. The van der Waals surface area contributed by atoms with Crippen molar-refractivity contribution in [3.8, 4) is 16.9 Å². The number of carbonyl (C=O) groups excluding carboxylic acids is 1. The smallest absolute Gasteiger partial charge is 0.324 e. The van der Waals surface area contributed by atoms with Gasteiger partial charge in [-0.2, -0.15) is 5.10 Å². The first-order valence-corrected chi connectivity index (χ1v) is 8.78. The summed E-state index contributed by atoms with van der Waals surface area (Å²) in [5.74, 6) is 0.164. The molecule has 136 valence electrons. The molecular formula is C19H15N3O4S. The Labute approximate surface area is 159 Å². The molecule has 0 saturated heterocycles. The molecule has 0 fully saturated rings. The number of hydrogen-bond acceptors (Lipinski definition) is 6. The molecule has 8 heteroatoms. The maximum absolute atomic E-state index is 11.9. The molecule has 0 radical (unpaired) electrons. The van der Waals surface area contributed by atoms with E-state index in [1.165, 1.54) is 12.3 Å². The number of ether oxygens (including phenoxy) is 1. The summed E-state index contributed by atoms with van der Waals surface area (Å²) in [6.07, 6.45) is 1.35. The van der Waals surface area contributed by atoms with Crippen LogP contribution in [0.25, 0.3) is 11.1 Å². The number of benzene rings is 2. The second kappa shape index (κ2) is 8.72. The molecule has 1 N–H and O–H groups in total. The maximum Gasteiger partial charge on any atom is 0.324 e. The van der Waals surface area contributed by atoms with Gasteiger partial charge >= 0.3 is 5.00 Å². The minimum absolute atomic E-state index is 0.0172. The first-order chi connectivity index (χ1) is 13.1. The number of nitrogens with zero attached hydrogens (tertiary/aromatic N) is 2. The van der Waals surface area contributed by atoms with E-state index in [0.29, 0.717) is 10.6 Å². The average Bonchev–Trinajstić information content (AvgIpc) is 3.17. The highest BCUT2D eigenvalue weighted by atomic mass is 32.1. The van der Waals surface area contributed by atoms with Crippen molar-refractivity contribution >= 4 is 28.5 Å². The summed E-state index contributed by atoms with van der Waals surface area (Å²) in [5.41, 5.74) is 4.22. The normalized spacial score (nSPS) is 10.7. The van der Waals surface area contributed by atoms with E-state index in [0.717, 1.165) is 22.5 Å². The number of amides is 1. The van der Waals surface area contributed by atoms with Gasteiger partial charge in [-0.25, -0.2) is 5.43 Å². The van der Waals surface area contributed by atoms with E-state index in [9.17, 15) is 14.9 Å². The Bertz CT molecular complexity index is 970. The van der Waals surface area contributed by atoms with Crippen molar-refractivity contribution in [3.05, 3.63) is 81.7 Å². The minimum Gasteiger partial charge on any atom is -0.483 e. The third-order valence-corrected chi connectivity index (χ3v) is 4.48. The number of rotatable bonds is 7. The van der Waals surface area contributed by atoms with Crippen LogP contribution in [-0.2, 0) is 4.79 Å². The van der Waals surface area contributed by atoms with E-state index < -0.39 is 10.8 Å². The zero-order chi connectivity index (χ0) is 19.1. The van der Waals surface area contributed by atoms with Crippen molar-refractivity contribution < 1.29 is 14.5 Å². The van der Waals surface area contributed by atoms with Gasteiger partial charge in [-0.3, -0.25) is 14.9 Å². The van der Waals surface area contributed by atoms with Crippen LogP contribution in [0, 0.1) is 10.1 Å². The second-order valence-electron chi connectivity index (χ2n) is 5.38. The van der Waals surface area contributed by atoms with Gasteiger partial charge in [-0.05, 0) is 17.7 Å². The molecule has 3 rings (SSSR count). The molecule has 7 nitrogen and oxygen atoms in total. The molecule has 0 aliphatic rings. The van der Waals surface area contributed by atoms with Crippen LogP contribution in [0.1, 0.15) is 4.88 Å². The summed E-state index contributed by atoms with van der Waals surface area (Å²) >= 11 is 0.972. The number of nitrogens with one attached hydrogen (secondary N) is 1. The number of nitro groups is 1. The topological polar surface area (TPSA) is 93.8 Å². The summed E-state index contributed by atoms with van der Waals surface area (Å²) in [6, 6.07) is 20.1. The molecule has 0 bridgehead atoms. The molecule has 0 spiro atoms. The van der Waals surface area contributed by atoms with Crippen molar-refractivity contribution in [1.29, 1.82) is 0 Å². The van der Waals surface area contributed by atoms with Gasteiger partial charge in [0.2, 0.25) is 0 Å². The molecule has 1 heterocycles. The molecule has 27 heavy (non-hydrogen) atoms. The van der Waals surface area contributed by atoms with Gasteiger partial charge in [0.25, 0.3) is 5.91 Å². The van der Waals surface area contributed by atoms with Crippen LogP contribution in [0.4, 0.5) is 5.00 Å². The molecule has 0 unspecified atom stereocenters. The lowest BCUT2D eigenvalue weighted by Gasteiger charge is -2.10. The van der Waals surface area contributed by atoms with Crippen LogP contribution < -0.4 is 10.2 Å². The van der Waals surface area contributed by atoms with Gasteiger partial charge in [-0.15, -0.1) is 0 Å². The fourth-order valence-corrected chi connectivity index (χ4v) is 3.00. The Morgan fingerprint density at radius 1 is 1.11 bits per heavy atom. The van der Waals surface area contributed by atoms with Gasteiger partial charge < -0.3 is 4.74 Å². The number of thiophene rings is 1. The standard InChI is InChI=1S/C19H15N3O4S/c23-18(21-20-12-15-10-11-19(27-15)22(24)25)13-26-17-9-5-4-8-16(17)14-6-2-1-3-7-14/h1-12H,13H2,(H,21,23)/b20-12+. The Morgan fingerprint density at radius 2 is 1.85 bits per heavy atom. The third kappa shape index (κ3) is 4.99. The van der Waals surface area contributed by atoms with E-state index in [2.05, 4.69) is 10.5 Å². The van der Waals surface area contributed by atoms with Gasteiger partial charge in [0.05, 0.1) is 16.0 Å². The largest absolute Gasteiger partial charge is 0.483 e. The predicted molar refractivity (Wildman–Crippen MR) is 104 cm³/mol. The molecule has 2 aromatic carbocycles. The summed E-state index contributed by atoms with van der Waals surface area (Å²) in [7, 11) is 0. The minimum atomic E-state index is -0.474. The monoisotopic (exact) mass is 381 g/mol. The summed E-state index contributed by atoms with van der Waals surface area (Å²) in [4.78, 5) is 22.6. The number of para-hydroxylation sites is 1. The molecule has 1 amide bonds. The Kier molecular flexibility index (Phi) is 5.91. The average molecular weight is 381 g/mol. The molecule has 0 aliphatic heterocycles. The highest BCUT2D eigenvalue weighted by Crippen LogP contribution is 2.29. The van der Waals surface area contributed by atoms with Crippen molar-refractivity contribution in [3.63, 3.8) is 0 Å². The van der Waals surface area contributed by atoms with Crippen molar-refractivity contribution in [2.75, 3.05) is 6.61 Å². The highest BCUT2D eigenvalue weighted by molar-refractivity contribution is 7.16. The fourth-order valence-electron chi connectivity index (χ4n) is 2.30. The van der Waals surface area contributed by atoms with Gasteiger partial charge in [-0.1, -0.05) is 59.9 Å². The lowest BCUT2D eigenvalue weighted by atomic mass is 10.1. The van der Waals surface area contributed by atoms with Gasteiger partial charge in [0, 0.05) is 11.6 Å². The zero-order valence-corrected chi connectivity index (χ0v) is 14.9. The van der Waals surface area contributed by atoms with E-state index in [1.54, 1.807) is 12.1 Å². The van der Waals surface area contributed by atoms with E-state index >= 15 is 0 Å². The van der Waals surface area contributed by atoms with Crippen molar-refractivity contribution in [2.45, 2.75) is 0 Å². The number of hydrazone groups is 1. The first kappa shape index (κ1) is 18.3. The third-order valence-electron chi connectivity index (χ3n) is 3.50. The molecule has 1 aromatic heterocycles. The molecule has 0 aliphatic carbocycles. The second-order valence-corrected chi connectivity index (χ2v) is 6.47. The lowest BCUT2D eigenvalue weighted by Crippen LogP contribution is -2.24. The van der Waals surface area contributed by atoms with Crippen LogP contribution >= 0.6 is 11.3 Å². The molecule has 3 aromatic rings. The molecule has 0 atom stereocenters. The molecule has 0 saturated carbocycles. The Morgan fingerprint density at radius 3 is 2.59 bits per heavy atom. The van der Waals surface area contributed by atoms with E-state index in [-0.39, 0.29) is 11.6 Å². The first-order valence-electron chi connectivity index (χ1n) is 7.97. The van der Waals surface area contributed by atoms with Gasteiger partial charge in [0.1, 0.15) is 5.75 Å². The van der Waals surface area contributed by atoms with Crippen LogP contribution in [0.5, 0.6) is 5.75 Å². The van der Waals surface area contributed by atoms with Crippen molar-refractivity contribution in [1.82, 2.24) is 5.43 Å². The molecular weight excluding hydrogens is 366 g/mol. The lowest BCUT2D eigenvalue weighted by molar-refractivity contribution is -0.380.